The van der Waals surface area contributed by atoms with Gasteiger partial charge in [0.25, 0.3) is 0 Å². The van der Waals surface area contributed by atoms with Gasteiger partial charge in [0.15, 0.2) is 0 Å². The fraction of sp³-hybridized carbons (Fsp3) is 0.600. The van der Waals surface area contributed by atoms with Crippen LogP contribution in [0.1, 0.15) is 11.8 Å². The Balaban J connectivity index is 2.37. The lowest BCUT2D eigenvalue weighted by Crippen LogP contribution is -2.32. The molecule has 1 nitrogen and oxygen atoms in total. The summed E-state index contributed by atoms with van der Waals surface area (Å²) in [4.78, 5) is 1.49. The Bertz CT molecular complexity index is 203. The number of nitrogens with one attached hydrogen (secondary N) is 1. The third kappa shape index (κ3) is 4.16. The molecule has 0 bridgehead atoms. The molecule has 0 radical (unpaired) electrons. The van der Waals surface area contributed by atoms with Crippen LogP contribution in [-0.2, 0) is 6.42 Å². The number of hydrogen-bond acceptors (Lipinski definition) is 3. The molecule has 74 valence electrons. The zero-order valence-electron chi connectivity index (χ0n) is 8.25. The maximum Gasteiger partial charge on any atom is 0.0206 e. The lowest BCUT2D eigenvalue weighted by atomic mass is 10.2. The molecule has 13 heavy (non-hydrogen) atoms. The molecule has 1 N–H and O–H groups in total. The molecule has 1 aromatic heterocycles. The summed E-state index contributed by atoms with van der Waals surface area (Å²) in [5.41, 5.74) is 0. The van der Waals surface area contributed by atoms with Gasteiger partial charge >= 0.3 is 0 Å². The van der Waals surface area contributed by atoms with Crippen LogP contribution in [0.3, 0.4) is 0 Å². The summed E-state index contributed by atoms with van der Waals surface area (Å²) < 4.78 is 0. The zero-order valence-corrected chi connectivity index (χ0v) is 9.88. The van der Waals surface area contributed by atoms with Crippen molar-refractivity contribution in [1.82, 2.24) is 5.32 Å². The highest BCUT2D eigenvalue weighted by atomic mass is 32.2. The largest absolute Gasteiger partial charge is 0.313 e. The van der Waals surface area contributed by atoms with E-state index in [2.05, 4.69) is 36.0 Å². The van der Waals surface area contributed by atoms with Crippen molar-refractivity contribution in [3.63, 3.8) is 0 Å². The Labute approximate surface area is 88.9 Å². The monoisotopic (exact) mass is 215 g/mol. The van der Waals surface area contributed by atoms with Gasteiger partial charge < -0.3 is 5.32 Å². The smallest absolute Gasteiger partial charge is 0.0206 e. The molecule has 3 heteroatoms. The maximum atomic E-state index is 3.51. The van der Waals surface area contributed by atoms with Crippen LogP contribution in [0, 0.1) is 0 Å². The summed E-state index contributed by atoms with van der Waals surface area (Å²) in [6, 6.07) is 4.98. The van der Waals surface area contributed by atoms with Gasteiger partial charge in [-0.15, -0.1) is 11.3 Å². The van der Waals surface area contributed by atoms with Gasteiger partial charge in [0, 0.05) is 16.7 Å². The molecule has 0 aliphatic carbocycles. The Morgan fingerprint density at radius 3 is 3.00 bits per heavy atom. The second kappa shape index (κ2) is 6.46. The number of thiophene rings is 1. The van der Waals surface area contributed by atoms with Crippen molar-refractivity contribution in [3.8, 4) is 0 Å². The first-order valence-corrected chi connectivity index (χ1v) is 6.88. The molecule has 1 atom stereocenters. The van der Waals surface area contributed by atoms with Crippen molar-refractivity contribution in [2.45, 2.75) is 19.4 Å². The van der Waals surface area contributed by atoms with Crippen LogP contribution in [0.25, 0.3) is 0 Å². The minimum atomic E-state index is 0.638. The summed E-state index contributed by atoms with van der Waals surface area (Å²) in [7, 11) is 0. The summed E-state index contributed by atoms with van der Waals surface area (Å²) in [5, 5.41) is 5.66. The van der Waals surface area contributed by atoms with Gasteiger partial charge in [0.2, 0.25) is 0 Å². The minimum Gasteiger partial charge on any atom is -0.313 e. The van der Waals surface area contributed by atoms with Gasteiger partial charge in [-0.3, -0.25) is 0 Å². The van der Waals surface area contributed by atoms with Crippen LogP contribution in [-0.4, -0.2) is 24.6 Å². The normalized spacial score (nSPS) is 13.1. The van der Waals surface area contributed by atoms with Crippen LogP contribution in [0.15, 0.2) is 17.5 Å². The van der Waals surface area contributed by atoms with Gasteiger partial charge in [-0.1, -0.05) is 13.0 Å². The predicted molar refractivity (Wildman–Crippen MR) is 63.9 cm³/mol. The highest BCUT2D eigenvalue weighted by molar-refractivity contribution is 7.98. The molecule has 0 saturated heterocycles. The van der Waals surface area contributed by atoms with E-state index in [-0.39, 0.29) is 0 Å². The van der Waals surface area contributed by atoms with E-state index in [0.29, 0.717) is 6.04 Å². The fourth-order valence-electron chi connectivity index (χ4n) is 1.35. The third-order valence-electron chi connectivity index (χ3n) is 1.89. The molecule has 0 aromatic carbocycles. The Hall–Kier alpha value is 0.01000. The fourth-order valence-corrected chi connectivity index (χ4v) is 2.78. The van der Waals surface area contributed by atoms with E-state index in [4.69, 9.17) is 0 Å². The molecule has 0 fully saturated rings. The number of rotatable bonds is 6. The molecule has 0 aliphatic heterocycles. The number of likely N-dealkylation sites (N-methyl/N-ethyl adjacent to an activating group) is 1. The summed E-state index contributed by atoms with van der Waals surface area (Å²) >= 11 is 3.77. The highest BCUT2D eigenvalue weighted by Gasteiger charge is 2.07. The Morgan fingerprint density at radius 1 is 1.62 bits per heavy atom. The average Bonchev–Trinajstić information content (AvgIpc) is 2.58. The molecule has 1 aromatic rings. The maximum absolute atomic E-state index is 3.51. The van der Waals surface area contributed by atoms with E-state index < -0.39 is 0 Å². The van der Waals surface area contributed by atoms with Crippen LogP contribution in [0.4, 0.5) is 0 Å². The lowest BCUT2D eigenvalue weighted by Gasteiger charge is -2.15. The summed E-state index contributed by atoms with van der Waals surface area (Å²) in [5.74, 6) is 1.20. The first-order chi connectivity index (χ1) is 6.36. The predicted octanol–water partition coefficient (Wildman–Crippen LogP) is 2.63. The molecule has 1 heterocycles. The van der Waals surface area contributed by atoms with Crippen molar-refractivity contribution in [2.75, 3.05) is 18.6 Å². The van der Waals surface area contributed by atoms with E-state index in [0.717, 1.165) is 6.54 Å². The minimum absolute atomic E-state index is 0.638. The first-order valence-electron chi connectivity index (χ1n) is 4.61. The third-order valence-corrected chi connectivity index (χ3v) is 3.52. The van der Waals surface area contributed by atoms with Gasteiger partial charge in [0.1, 0.15) is 0 Å². The molecule has 0 saturated carbocycles. The van der Waals surface area contributed by atoms with Crippen molar-refractivity contribution < 1.29 is 0 Å². The molecule has 1 unspecified atom stereocenters. The van der Waals surface area contributed by atoms with Gasteiger partial charge in [-0.05, 0) is 30.7 Å². The Morgan fingerprint density at radius 2 is 2.46 bits per heavy atom. The molecule has 0 spiro atoms. The van der Waals surface area contributed by atoms with Crippen LogP contribution >= 0.6 is 23.1 Å². The van der Waals surface area contributed by atoms with E-state index in [1.807, 2.05) is 23.1 Å². The first kappa shape index (κ1) is 11.1. The van der Waals surface area contributed by atoms with E-state index in [1.54, 1.807) is 0 Å². The Kier molecular flexibility index (Phi) is 5.51. The molecule has 1 rings (SSSR count). The van der Waals surface area contributed by atoms with Gasteiger partial charge in [-0.2, -0.15) is 11.8 Å². The number of hydrogen-bond donors (Lipinski definition) is 1. The van der Waals surface area contributed by atoms with Crippen molar-refractivity contribution >= 4 is 23.1 Å². The van der Waals surface area contributed by atoms with Gasteiger partial charge in [-0.25, -0.2) is 0 Å². The molecular weight excluding hydrogens is 198 g/mol. The quantitative estimate of drug-likeness (QED) is 0.783. The zero-order chi connectivity index (χ0) is 9.52. The van der Waals surface area contributed by atoms with Gasteiger partial charge in [0.05, 0.1) is 0 Å². The summed E-state index contributed by atoms with van der Waals surface area (Å²) in [6.07, 6.45) is 3.34. The van der Waals surface area contributed by atoms with Crippen LogP contribution in [0.2, 0.25) is 0 Å². The second-order valence-electron chi connectivity index (χ2n) is 2.99. The van der Waals surface area contributed by atoms with E-state index in [1.165, 1.54) is 17.1 Å². The van der Waals surface area contributed by atoms with E-state index in [9.17, 15) is 0 Å². The molecule has 0 amide bonds. The van der Waals surface area contributed by atoms with Crippen LogP contribution < -0.4 is 5.32 Å². The second-order valence-corrected chi connectivity index (χ2v) is 4.94. The SMILES string of the molecule is CCNC(CSC)Cc1cccs1. The average molecular weight is 215 g/mol. The standard InChI is InChI=1S/C10H17NS2/c1-3-11-9(8-12-2)7-10-5-4-6-13-10/h4-6,9,11H,3,7-8H2,1-2H3. The molecule has 0 aliphatic rings. The van der Waals surface area contributed by atoms with Crippen molar-refractivity contribution in [2.24, 2.45) is 0 Å². The lowest BCUT2D eigenvalue weighted by molar-refractivity contribution is 0.576. The van der Waals surface area contributed by atoms with Crippen molar-refractivity contribution in [3.05, 3.63) is 22.4 Å². The topological polar surface area (TPSA) is 12.0 Å². The molecular formula is C10H17NS2. The van der Waals surface area contributed by atoms with E-state index >= 15 is 0 Å². The highest BCUT2D eigenvalue weighted by Crippen LogP contribution is 2.12. The van der Waals surface area contributed by atoms with Crippen LogP contribution in [0.5, 0.6) is 0 Å². The number of thioether (sulfide) groups is 1. The summed E-state index contributed by atoms with van der Waals surface area (Å²) in [6.45, 7) is 3.23. The van der Waals surface area contributed by atoms with Crippen molar-refractivity contribution in [1.29, 1.82) is 0 Å².